The number of carboxylic acid groups (broad SMARTS) is 1. The molecule has 0 aromatic heterocycles. The summed E-state index contributed by atoms with van der Waals surface area (Å²) in [6, 6.07) is 21.6. The summed E-state index contributed by atoms with van der Waals surface area (Å²) in [5, 5.41) is 12.9. The predicted molar refractivity (Wildman–Crippen MR) is 158 cm³/mol. The van der Waals surface area contributed by atoms with E-state index in [4.69, 9.17) is 4.74 Å². The third-order valence-electron chi connectivity index (χ3n) is 8.03. The zero-order valence-corrected chi connectivity index (χ0v) is 24.1. The number of nitrogens with one attached hydrogen (secondary N) is 1. The second kappa shape index (κ2) is 14.3. The van der Waals surface area contributed by atoms with Crippen molar-refractivity contribution in [3.05, 3.63) is 94.3 Å². The number of carbonyl (C=O) groups excluding carboxylic acids is 1. The van der Waals surface area contributed by atoms with Crippen molar-refractivity contribution in [2.45, 2.75) is 52.5 Å². The predicted octanol–water partition coefficient (Wildman–Crippen LogP) is 5.37. The van der Waals surface area contributed by atoms with Gasteiger partial charge in [-0.05, 0) is 37.8 Å². The third kappa shape index (κ3) is 7.20. The minimum Gasteiger partial charge on any atom is -0.478 e. The Labute approximate surface area is 238 Å². The highest BCUT2D eigenvalue weighted by atomic mass is 16.5. The fourth-order valence-electron chi connectivity index (χ4n) is 6.05. The summed E-state index contributed by atoms with van der Waals surface area (Å²) in [5.74, 6) is -1.83. The van der Waals surface area contributed by atoms with E-state index in [0.717, 1.165) is 52.0 Å². The fraction of sp³-hybridized carbons (Fsp3) is 0.455. The molecular formula is C33H43N3O4. The standard InChI is InChI=1S/C33H43N3O4/c1-4-5-17-28-29(32(37)38)24(2)34-25(3)30(28)33(39)40-23-12-18-35-19-21-36(22-20-35)31(26-13-8-6-9-14-26)27-15-10-7-11-16-27/h6-11,13-16,28,31,34H,4-5,12,17-23H2,1-3H3,(H,37,38). The van der Waals surface area contributed by atoms with Crippen LogP contribution in [0.15, 0.2) is 83.2 Å². The van der Waals surface area contributed by atoms with Crippen molar-refractivity contribution < 1.29 is 19.4 Å². The fourth-order valence-corrected chi connectivity index (χ4v) is 6.05. The number of benzene rings is 2. The summed E-state index contributed by atoms with van der Waals surface area (Å²) >= 11 is 0. The van der Waals surface area contributed by atoms with Gasteiger partial charge in [0.05, 0.1) is 23.8 Å². The zero-order chi connectivity index (χ0) is 28.5. The number of allylic oxidation sites excluding steroid dienone is 2. The summed E-state index contributed by atoms with van der Waals surface area (Å²) < 4.78 is 5.70. The molecule has 2 N–H and O–H groups in total. The van der Waals surface area contributed by atoms with Crippen molar-refractivity contribution in [1.29, 1.82) is 0 Å². The molecule has 214 valence electrons. The number of rotatable bonds is 12. The van der Waals surface area contributed by atoms with Crippen molar-refractivity contribution >= 4 is 11.9 Å². The molecule has 2 aliphatic heterocycles. The summed E-state index contributed by atoms with van der Waals surface area (Å²) in [7, 11) is 0. The second-order valence-corrected chi connectivity index (χ2v) is 10.8. The number of hydrogen-bond donors (Lipinski definition) is 2. The maximum atomic E-state index is 13.1. The lowest BCUT2D eigenvalue weighted by molar-refractivity contribution is -0.140. The number of carboxylic acids is 1. The van der Waals surface area contributed by atoms with Gasteiger partial charge in [0.2, 0.25) is 0 Å². The highest BCUT2D eigenvalue weighted by Gasteiger charge is 2.35. The van der Waals surface area contributed by atoms with Gasteiger partial charge in [0.1, 0.15) is 0 Å². The Balaban J connectivity index is 1.29. The Bertz CT molecular complexity index is 1160. The number of piperazine rings is 1. The molecule has 4 rings (SSSR count). The van der Waals surface area contributed by atoms with Gasteiger partial charge in [0, 0.05) is 50.0 Å². The van der Waals surface area contributed by atoms with Crippen LogP contribution in [0.5, 0.6) is 0 Å². The van der Waals surface area contributed by atoms with Crippen molar-refractivity contribution in [1.82, 2.24) is 15.1 Å². The molecular weight excluding hydrogens is 502 g/mol. The third-order valence-corrected chi connectivity index (χ3v) is 8.03. The van der Waals surface area contributed by atoms with E-state index in [-0.39, 0.29) is 11.6 Å². The first-order chi connectivity index (χ1) is 19.4. The molecule has 0 aliphatic carbocycles. The largest absolute Gasteiger partial charge is 0.478 e. The number of nitrogens with zero attached hydrogens (tertiary/aromatic N) is 2. The molecule has 2 aliphatic rings. The molecule has 1 fully saturated rings. The molecule has 40 heavy (non-hydrogen) atoms. The number of aliphatic carboxylic acids is 1. The number of dihydropyridines is 1. The minimum atomic E-state index is -0.982. The Hall–Kier alpha value is -3.42. The van der Waals surface area contributed by atoms with E-state index in [1.165, 1.54) is 11.1 Å². The summed E-state index contributed by atoms with van der Waals surface area (Å²) in [6.07, 6.45) is 3.14. The topological polar surface area (TPSA) is 82.1 Å². The van der Waals surface area contributed by atoms with Crippen LogP contribution in [0.2, 0.25) is 0 Å². The number of esters is 1. The molecule has 0 bridgehead atoms. The summed E-state index contributed by atoms with van der Waals surface area (Å²) in [5.41, 5.74) is 4.64. The summed E-state index contributed by atoms with van der Waals surface area (Å²) in [6.45, 7) is 10.7. The average Bonchev–Trinajstić information content (AvgIpc) is 2.95. The van der Waals surface area contributed by atoms with Crippen LogP contribution < -0.4 is 5.32 Å². The molecule has 0 radical (unpaired) electrons. The number of ether oxygens (including phenoxy) is 1. The van der Waals surface area contributed by atoms with Gasteiger partial charge in [0.15, 0.2) is 0 Å². The van der Waals surface area contributed by atoms with E-state index in [1.807, 2.05) is 6.92 Å². The van der Waals surface area contributed by atoms with Gasteiger partial charge in [-0.25, -0.2) is 9.59 Å². The Morgan fingerprint density at radius 3 is 2.02 bits per heavy atom. The van der Waals surface area contributed by atoms with Crippen LogP contribution in [0.1, 0.15) is 63.6 Å². The van der Waals surface area contributed by atoms with Crippen molar-refractivity contribution in [3.8, 4) is 0 Å². The number of unbranched alkanes of at least 4 members (excludes halogenated alkanes) is 1. The monoisotopic (exact) mass is 545 g/mol. The van der Waals surface area contributed by atoms with Crippen LogP contribution in [-0.4, -0.2) is 66.2 Å². The Morgan fingerprint density at radius 2 is 1.48 bits per heavy atom. The molecule has 2 aromatic rings. The van der Waals surface area contributed by atoms with Crippen molar-refractivity contribution in [3.63, 3.8) is 0 Å². The molecule has 1 unspecified atom stereocenters. The zero-order valence-electron chi connectivity index (χ0n) is 24.1. The van der Waals surface area contributed by atoms with E-state index < -0.39 is 17.9 Å². The molecule has 2 heterocycles. The van der Waals surface area contributed by atoms with Crippen LogP contribution >= 0.6 is 0 Å². The van der Waals surface area contributed by atoms with Crippen LogP contribution in [0, 0.1) is 5.92 Å². The van der Waals surface area contributed by atoms with Crippen LogP contribution in [-0.2, 0) is 14.3 Å². The smallest absolute Gasteiger partial charge is 0.336 e. The SMILES string of the molecule is CCCCC1C(C(=O)O)=C(C)NC(C)=C1C(=O)OCCCN1CCN(C(c2ccccc2)c2ccccc2)CC1. The maximum Gasteiger partial charge on any atom is 0.336 e. The quantitative estimate of drug-likeness (QED) is 0.274. The molecule has 2 aromatic carbocycles. The van der Waals surface area contributed by atoms with Gasteiger partial charge in [-0.2, -0.15) is 0 Å². The van der Waals surface area contributed by atoms with Crippen molar-refractivity contribution in [2.24, 2.45) is 5.92 Å². The van der Waals surface area contributed by atoms with Crippen LogP contribution in [0.25, 0.3) is 0 Å². The molecule has 0 spiro atoms. The number of carbonyl (C=O) groups is 2. The molecule has 7 heteroatoms. The molecule has 7 nitrogen and oxygen atoms in total. The van der Waals surface area contributed by atoms with Crippen LogP contribution in [0.4, 0.5) is 0 Å². The first kappa shape index (κ1) is 29.6. The van der Waals surface area contributed by atoms with E-state index in [2.05, 4.69) is 82.7 Å². The highest BCUT2D eigenvalue weighted by Crippen LogP contribution is 2.34. The van der Waals surface area contributed by atoms with Gasteiger partial charge >= 0.3 is 11.9 Å². The van der Waals surface area contributed by atoms with E-state index in [1.54, 1.807) is 6.92 Å². The normalized spacial score (nSPS) is 18.6. The van der Waals surface area contributed by atoms with Crippen LogP contribution in [0.3, 0.4) is 0 Å². The molecule has 1 atom stereocenters. The van der Waals surface area contributed by atoms with Gasteiger partial charge in [0.25, 0.3) is 0 Å². The highest BCUT2D eigenvalue weighted by molar-refractivity contribution is 5.97. The van der Waals surface area contributed by atoms with Gasteiger partial charge in [-0.1, -0.05) is 80.4 Å². The Kier molecular flexibility index (Phi) is 10.6. The van der Waals surface area contributed by atoms with E-state index in [9.17, 15) is 14.7 Å². The number of hydrogen-bond acceptors (Lipinski definition) is 6. The van der Waals surface area contributed by atoms with Gasteiger partial charge in [-0.15, -0.1) is 0 Å². The van der Waals surface area contributed by atoms with Gasteiger partial charge < -0.3 is 20.1 Å². The molecule has 1 saturated heterocycles. The second-order valence-electron chi connectivity index (χ2n) is 10.8. The minimum absolute atomic E-state index is 0.236. The molecule has 0 saturated carbocycles. The Morgan fingerprint density at radius 1 is 0.900 bits per heavy atom. The lowest BCUT2D eigenvalue weighted by Crippen LogP contribution is -2.48. The molecule has 0 amide bonds. The van der Waals surface area contributed by atoms with E-state index in [0.29, 0.717) is 30.0 Å². The van der Waals surface area contributed by atoms with E-state index >= 15 is 0 Å². The first-order valence-corrected chi connectivity index (χ1v) is 14.6. The van der Waals surface area contributed by atoms with Crippen molar-refractivity contribution in [2.75, 3.05) is 39.3 Å². The lowest BCUT2D eigenvalue weighted by atomic mass is 9.82. The maximum absolute atomic E-state index is 13.1. The first-order valence-electron chi connectivity index (χ1n) is 14.6. The van der Waals surface area contributed by atoms with Gasteiger partial charge in [-0.3, -0.25) is 4.90 Å². The summed E-state index contributed by atoms with van der Waals surface area (Å²) in [4.78, 5) is 30.1. The average molecular weight is 546 g/mol. The lowest BCUT2D eigenvalue weighted by Gasteiger charge is -2.39.